The quantitative estimate of drug-likeness (QED) is 0.298. The largest absolute Gasteiger partial charge is 0.243 e. The number of hydrazine groups is 6. The van der Waals surface area contributed by atoms with Crippen molar-refractivity contribution in [2.75, 3.05) is 13.1 Å². The van der Waals surface area contributed by atoms with Gasteiger partial charge in [-0.25, -0.2) is 10.9 Å². The molecule has 0 aromatic rings. The zero-order valence-corrected chi connectivity index (χ0v) is 9.86. The normalized spacial score (nSPS) is 24.0. The van der Waals surface area contributed by atoms with E-state index in [-0.39, 0.29) is 0 Å². The predicted octanol–water partition coefficient (Wildman–Crippen LogP) is -0.652. The SMILES string of the molecule is C1CCCCNNNNNNNCCCC1. The molecule has 7 nitrogen and oxygen atoms in total. The topological polar surface area (TPSA) is 84.2 Å². The molecule has 0 radical (unpaired) electrons. The van der Waals surface area contributed by atoms with Gasteiger partial charge in [-0.1, -0.05) is 32.1 Å². The minimum Gasteiger partial charge on any atom is -0.243 e. The van der Waals surface area contributed by atoms with Crippen LogP contribution in [0, 0.1) is 0 Å². The van der Waals surface area contributed by atoms with Crippen molar-refractivity contribution in [3.8, 4) is 0 Å². The molecule has 0 aromatic carbocycles. The Balaban J connectivity index is 2.00. The van der Waals surface area contributed by atoms with Crippen LogP contribution in [0.5, 0.6) is 0 Å². The Morgan fingerprint density at radius 3 is 1.25 bits per heavy atom. The van der Waals surface area contributed by atoms with Crippen LogP contribution in [0.25, 0.3) is 0 Å². The van der Waals surface area contributed by atoms with Crippen molar-refractivity contribution in [1.29, 1.82) is 0 Å². The molecule has 0 unspecified atom stereocenters. The highest BCUT2D eigenvalue weighted by Crippen LogP contribution is 2.06. The number of rotatable bonds is 0. The second kappa shape index (κ2) is 11.2. The molecule has 0 atom stereocenters. The summed E-state index contributed by atoms with van der Waals surface area (Å²) in [5.74, 6) is 0. The molecule has 7 heteroatoms. The van der Waals surface area contributed by atoms with E-state index in [0.717, 1.165) is 13.1 Å². The third-order valence-corrected chi connectivity index (χ3v) is 2.53. The van der Waals surface area contributed by atoms with Crippen LogP contribution in [0.4, 0.5) is 0 Å². The highest BCUT2D eigenvalue weighted by Gasteiger charge is 1.93. The molecule has 7 N–H and O–H groups in total. The molecule has 1 fully saturated rings. The van der Waals surface area contributed by atoms with E-state index in [4.69, 9.17) is 0 Å². The minimum absolute atomic E-state index is 0.973. The van der Waals surface area contributed by atoms with Crippen LogP contribution in [0.2, 0.25) is 0 Å². The summed E-state index contributed by atoms with van der Waals surface area (Å²) in [4.78, 5) is 0. The molecule has 1 aliphatic heterocycles. The summed E-state index contributed by atoms with van der Waals surface area (Å²) in [6, 6.07) is 0. The zero-order chi connectivity index (χ0) is 11.3. The van der Waals surface area contributed by atoms with Crippen molar-refractivity contribution >= 4 is 0 Å². The molecule has 0 aliphatic carbocycles. The second-order valence-corrected chi connectivity index (χ2v) is 3.95. The molecule has 16 heavy (non-hydrogen) atoms. The molecule has 1 aliphatic rings. The summed E-state index contributed by atoms with van der Waals surface area (Å²) in [5.41, 5.74) is 20.0. The molecule has 1 saturated heterocycles. The Labute approximate surface area is 97.3 Å². The summed E-state index contributed by atoms with van der Waals surface area (Å²) < 4.78 is 0. The van der Waals surface area contributed by atoms with Crippen molar-refractivity contribution in [3.05, 3.63) is 0 Å². The molecule has 96 valence electrons. The maximum atomic E-state index is 3.06. The Morgan fingerprint density at radius 2 is 0.750 bits per heavy atom. The fourth-order valence-electron chi connectivity index (χ4n) is 1.62. The van der Waals surface area contributed by atoms with Crippen molar-refractivity contribution in [3.63, 3.8) is 0 Å². The van der Waals surface area contributed by atoms with Crippen LogP contribution < -0.4 is 38.5 Å². The molecular formula is C9H25N7. The average Bonchev–Trinajstić information content (AvgIpc) is 2.29. The average molecular weight is 231 g/mol. The van der Waals surface area contributed by atoms with E-state index in [1.54, 1.807) is 0 Å². The van der Waals surface area contributed by atoms with Gasteiger partial charge < -0.3 is 0 Å². The van der Waals surface area contributed by atoms with Gasteiger partial charge in [0.1, 0.15) is 0 Å². The molecule has 0 amide bonds. The molecule has 0 aromatic heterocycles. The summed E-state index contributed by atoms with van der Waals surface area (Å²) in [7, 11) is 0. The van der Waals surface area contributed by atoms with E-state index >= 15 is 0 Å². The predicted molar refractivity (Wildman–Crippen MR) is 64.0 cm³/mol. The molecule has 1 heterocycles. The Kier molecular flexibility index (Phi) is 9.66. The lowest BCUT2D eigenvalue weighted by atomic mass is 10.1. The summed E-state index contributed by atoms with van der Waals surface area (Å²) >= 11 is 0. The van der Waals surface area contributed by atoms with Gasteiger partial charge in [0.2, 0.25) is 0 Å². The first-order chi connectivity index (χ1) is 8.00. The van der Waals surface area contributed by atoms with Gasteiger partial charge in [-0.2, -0.15) is 27.7 Å². The van der Waals surface area contributed by atoms with Gasteiger partial charge in [0.05, 0.1) is 0 Å². The van der Waals surface area contributed by atoms with E-state index in [1.807, 2.05) is 0 Å². The van der Waals surface area contributed by atoms with Crippen LogP contribution in [0.1, 0.15) is 44.9 Å². The van der Waals surface area contributed by atoms with E-state index in [0.29, 0.717) is 0 Å². The monoisotopic (exact) mass is 231 g/mol. The standard InChI is InChI=1S/C9H25N7/c1-2-4-6-8-10-12-14-16-15-13-11-9-7-5-3-1/h10-16H,1-9H2. The van der Waals surface area contributed by atoms with Crippen LogP contribution in [-0.4, -0.2) is 13.1 Å². The van der Waals surface area contributed by atoms with Crippen molar-refractivity contribution in [2.24, 2.45) is 0 Å². The van der Waals surface area contributed by atoms with Crippen LogP contribution in [-0.2, 0) is 0 Å². The summed E-state index contributed by atoms with van der Waals surface area (Å²) in [5, 5.41) is 0. The Bertz CT molecular complexity index is 79.8. The molecule has 1 rings (SSSR count). The van der Waals surface area contributed by atoms with Crippen molar-refractivity contribution < 1.29 is 0 Å². The van der Waals surface area contributed by atoms with Crippen molar-refractivity contribution in [1.82, 2.24) is 38.5 Å². The van der Waals surface area contributed by atoms with E-state index in [1.165, 1.54) is 44.9 Å². The highest BCUT2D eigenvalue weighted by molar-refractivity contribution is 4.48. The van der Waals surface area contributed by atoms with Crippen LogP contribution in [0.3, 0.4) is 0 Å². The minimum atomic E-state index is 0.973. The summed E-state index contributed by atoms with van der Waals surface area (Å²) in [6.07, 6.45) is 9.09. The van der Waals surface area contributed by atoms with Gasteiger partial charge in [0.15, 0.2) is 0 Å². The fourth-order valence-corrected chi connectivity index (χ4v) is 1.62. The number of nitrogens with one attached hydrogen (secondary N) is 7. The molecule has 0 spiro atoms. The first-order valence-electron chi connectivity index (χ1n) is 6.21. The third kappa shape index (κ3) is 8.98. The lowest BCUT2D eigenvalue weighted by Gasteiger charge is -2.13. The first-order valence-corrected chi connectivity index (χ1v) is 6.21. The lowest BCUT2D eigenvalue weighted by molar-refractivity contribution is 0.269. The number of hydrogen-bond acceptors (Lipinski definition) is 7. The van der Waals surface area contributed by atoms with E-state index in [2.05, 4.69) is 38.5 Å². The number of hydrogen-bond donors (Lipinski definition) is 7. The van der Waals surface area contributed by atoms with Gasteiger partial charge in [-0.3, -0.25) is 0 Å². The van der Waals surface area contributed by atoms with E-state index in [9.17, 15) is 0 Å². The maximum Gasteiger partial charge on any atom is 0.0113 e. The van der Waals surface area contributed by atoms with E-state index < -0.39 is 0 Å². The fraction of sp³-hybridized carbons (Fsp3) is 1.00. The maximum absolute atomic E-state index is 3.06. The first kappa shape index (κ1) is 13.8. The smallest absolute Gasteiger partial charge is 0.0113 e. The summed E-state index contributed by atoms with van der Waals surface area (Å²) in [6.45, 7) is 1.95. The van der Waals surface area contributed by atoms with Crippen LogP contribution >= 0.6 is 0 Å². The molecule has 0 bridgehead atoms. The van der Waals surface area contributed by atoms with Crippen LogP contribution in [0.15, 0.2) is 0 Å². The zero-order valence-electron chi connectivity index (χ0n) is 9.86. The lowest BCUT2D eigenvalue weighted by Crippen LogP contribution is -2.61. The Hall–Kier alpha value is -0.280. The third-order valence-electron chi connectivity index (χ3n) is 2.53. The Morgan fingerprint density at radius 1 is 0.375 bits per heavy atom. The highest BCUT2D eigenvalue weighted by atomic mass is 15.9. The molecular weight excluding hydrogens is 206 g/mol. The second-order valence-electron chi connectivity index (χ2n) is 3.95. The van der Waals surface area contributed by atoms with Gasteiger partial charge >= 0.3 is 0 Å². The van der Waals surface area contributed by atoms with Gasteiger partial charge in [-0.05, 0) is 12.8 Å². The van der Waals surface area contributed by atoms with Crippen molar-refractivity contribution in [2.45, 2.75) is 44.9 Å². The van der Waals surface area contributed by atoms with Gasteiger partial charge in [0.25, 0.3) is 0 Å². The van der Waals surface area contributed by atoms with Gasteiger partial charge in [0, 0.05) is 13.1 Å². The van der Waals surface area contributed by atoms with Gasteiger partial charge in [-0.15, -0.1) is 0 Å². The molecule has 0 saturated carbocycles.